The van der Waals surface area contributed by atoms with Crippen molar-refractivity contribution < 1.29 is 12.8 Å². The number of nitrogens with two attached hydrogens (primary N) is 1. The summed E-state index contributed by atoms with van der Waals surface area (Å²) in [5.41, 5.74) is 6.66. The van der Waals surface area contributed by atoms with Gasteiger partial charge < -0.3 is 10.2 Å². The number of halogens is 1. The van der Waals surface area contributed by atoms with E-state index in [4.69, 9.17) is 21.8 Å². The van der Waals surface area contributed by atoms with Crippen LogP contribution in [-0.2, 0) is 9.84 Å². The largest absolute Gasteiger partial charge is 0.447 e. The van der Waals surface area contributed by atoms with Crippen LogP contribution in [0.2, 0.25) is 5.02 Å². The summed E-state index contributed by atoms with van der Waals surface area (Å²) in [5.74, 6) is -0.0996. The van der Waals surface area contributed by atoms with Gasteiger partial charge in [0.2, 0.25) is 5.88 Å². The molecule has 1 aromatic carbocycles. The first kappa shape index (κ1) is 12.0. The highest BCUT2D eigenvalue weighted by Crippen LogP contribution is 2.33. The standard InChI is InChI=1S/C11H10ClNO3S/c1-17(14,15)10-9(6-16-11(10)13)7-2-4-8(12)5-3-7/h2-6H,13H2,1H3. The van der Waals surface area contributed by atoms with E-state index in [2.05, 4.69) is 0 Å². The molecule has 0 bridgehead atoms. The zero-order valence-electron chi connectivity index (χ0n) is 8.98. The van der Waals surface area contributed by atoms with E-state index in [0.29, 0.717) is 16.1 Å². The second-order valence-corrected chi connectivity index (χ2v) is 6.01. The van der Waals surface area contributed by atoms with Gasteiger partial charge in [0.25, 0.3) is 0 Å². The SMILES string of the molecule is CS(=O)(=O)c1c(-c2ccc(Cl)cc2)coc1N. The first-order valence-corrected chi connectivity index (χ1v) is 6.99. The van der Waals surface area contributed by atoms with E-state index < -0.39 is 9.84 Å². The quantitative estimate of drug-likeness (QED) is 0.911. The lowest BCUT2D eigenvalue weighted by Crippen LogP contribution is -2.01. The fourth-order valence-electron chi connectivity index (χ4n) is 1.57. The van der Waals surface area contributed by atoms with Gasteiger partial charge in [-0.05, 0) is 17.7 Å². The maximum Gasteiger partial charge on any atom is 0.209 e. The minimum absolute atomic E-state index is 0.0137. The van der Waals surface area contributed by atoms with Crippen LogP contribution in [0.3, 0.4) is 0 Å². The van der Waals surface area contributed by atoms with Crippen LogP contribution in [0.5, 0.6) is 0 Å². The fraction of sp³-hybridized carbons (Fsp3) is 0.0909. The molecule has 0 atom stereocenters. The molecule has 6 heteroatoms. The van der Waals surface area contributed by atoms with Gasteiger partial charge in [-0.2, -0.15) is 0 Å². The van der Waals surface area contributed by atoms with Crippen LogP contribution in [0.25, 0.3) is 11.1 Å². The summed E-state index contributed by atoms with van der Waals surface area (Å²) in [5, 5.41) is 0.575. The topological polar surface area (TPSA) is 73.3 Å². The lowest BCUT2D eigenvalue weighted by Gasteiger charge is -2.02. The van der Waals surface area contributed by atoms with Crippen LogP contribution in [-0.4, -0.2) is 14.7 Å². The van der Waals surface area contributed by atoms with Crippen LogP contribution < -0.4 is 5.73 Å². The molecule has 0 unspecified atom stereocenters. The summed E-state index contributed by atoms with van der Waals surface area (Å²) in [6, 6.07) is 6.76. The molecule has 1 heterocycles. The van der Waals surface area contributed by atoms with Crippen LogP contribution in [0.15, 0.2) is 39.8 Å². The predicted octanol–water partition coefficient (Wildman–Crippen LogP) is 2.59. The summed E-state index contributed by atoms with van der Waals surface area (Å²) in [7, 11) is -3.43. The minimum Gasteiger partial charge on any atom is -0.447 e. The van der Waals surface area contributed by atoms with Crippen LogP contribution in [0.4, 0.5) is 5.88 Å². The Morgan fingerprint density at radius 3 is 2.35 bits per heavy atom. The van der Waals surface area contributed by atoms with Crippen molar-refractivity contribution in [1.29, 1.82) is 0 Å². The molecular weight excluding hydrogens is 262 g/mol. The molecule has 2 N–H and O–H groups in total. The predicted molar refractivity (Wildman–Crippen MR) is 66.7 cm³/mol. The monoisotopic (exact) mass is 271 g/mol. The van der Waals surface area contributed by atoms with Crippen LogP contribution in [0.1, 0.15) is 0 Å². The van der Waals surface area contributed by atoms with Crippen LogP contribution in [0, 0.1) is 0 Å². The molecular formula is C11H10ClNO3S. The van der Waals surface area contributed by atoms with Gasteiger partial charge >= 0.3 is 0 Å². The van der Waals surface area contributed by atoms with E-state index in [-0.39, 0.29) is 10.8 Å². The van der Waals surface area contributed by atoms with Crippen molar-refractivity contribution in [3.05, 3.63) is 35.6 Å². The Bertz CT molecular complexity index is 644. The summed E-state index contributed by atoms with van der Waals surface area (Å²) in [4.78, 5) is 0.0137. The second kappa shape index (κ2) is 4.09. The average Bonchev–Trinajstić information content (AvgIpc) is 2.61. The Labute approximate surface area is 104 Å². The third-order valence-corrected chi connectivity index (χ3v) is 3.71. The molecule has 0 spiro atoms. The van der Waals surface area contributed by atoms with Gasteiger partial charge in [-0.15, -0.1) is 0 Å². The number of sulfone groups is 1. The molecule has 4 nitrogen and oxygen atoms in total. The minimum atomic E-state index is -3.43. The van der Waals surface area contributed by atoms with Gasteiger partial charge in [0.05, 0.1) is 0 Å². The van der Waals surface area contributed by atoms with Gasteiger partial charge in [-0.1, -0.05) is 23.7 Å². The Hall–Kier alpha value is -1.46. The molecule has 90 valence electrons. The van der Waals surface area contributed by atoms with Gasteiger partial charge in [0.1, 0.15) is 11.2 Å². The highest BCUT2D eigenvalue weighted by Gasteiger charge is 2.21. The van der Waals surface area contributed by atoms with Crippen molar-refractivity contribution in [2.24, 2.45) is 0 Å². The molecule has 2 rings (SSSR count). The number of furan rings is 1. The number of hydrogen-bond donors (Lipinski definition) is 1. The number of hydrogen-bond acceptors (Lipinski definition) is 4. The molecule has 0 saturated carbocycles. The van der Waals surface area contributed by atoms with Crippen molar-refractivity contribution >= 4 is 27.3 Å². The van der Waals surface area contributed by atoms with Gasteiger partial charge in [0.15, 0.2) is 9.84 Å². The van der Waals surface area contributed by atoms with Crippen molar-refractivity contribution in [2.75, 3.05) is 12.0 Å². The lowest BCUT2D eigenvalue weighted by atomic mass is 10.1. The lowest BCUT2D eigenvalue weighted by molar-refractivity contribution is 0.577. The van der Waals surface area contributed by atoms with Gasteiger partial charge in [0, 0.05) is 16.8 Å². The molecule has 0 saturated heterocycles. The van der Waals surface area contributed by atoms with Crippen molar-refractivity contribution in [3.63, 3.8) is 0 Å². The maximum absolute atomic E-state index is 11.6. The first-order chi connectivity index (χ1) is 7.89. The smallest absolute Gasteiger partial charge is 0.209 e. The second-order valence-electron chi connectivity index (χ2n) is 3.62. The summed E-state index contributed by atoms with van der Waals surface area (Å²) in [6.07, 6.45) is 2.42. The van der Waals surface area contributed by atoms with Crippen molar-refractivity contribution in [1.82, 2.24) is 0 Å². The van der Waals surface area contributed by atoms with E-state index in [1.807, 2.05) is 0 Å². The third-order valence-electron chi connectivity index (χ3n) is 2.30. The first-order valence-electron chi connectivity index (χ1n) is 4.72. The number of rotatable bonds is 2. The Morgan fingerprint density at radius 2 is 1.82 bits per heavy atom. The molecule has 0 amide bonds. The summed E-state index contributed by atoms with van der Waals surface area (Å²) >= 11 is 5.77. The summed E-state index contributed by atoms with van der Waals surface area (Å²) < 4.78 is 28.2. The van der Waals surface area contributed by atoms with Crippen molar-refractivity contribution in [2.45, 2.75) is 4.90 Å². The molecule has 0 fully saturated rings. The Kier molecular flexibility index (Phi) is 2.89. The number of anilines is 1. The highest BCUT2D eigenvalue weighted by molar-refractivity contribution is 7.91. The van der Waals surface area contributed by atoms with E-state index in [1.54, 1.807) is 24.3 Å². The Morgan fingerprint density at radius 1 is 1.24 bits per heavy atom. The third kappa shape index (κ3) is 2.30. The molecule has 0 aliphatic rings. The Balaban J connectivity index is 2.65. The highest BCUT2D eigenvalue weighted by atomic mass is 35.5. The molecule has 2 aromatic rings. The maximum atomic E-state index is 11.6. The normalized spacial score (nSPS) is 11.6. The van der Waals surface area contributed by atoms with E-state index in [0.717, 1.165) is 6.26 Å². The molecule has 0 aliphatic heterocycles. The average molecular weight is 272 g/mol. The fourth-order valence-corrected chi connectivity index (χ4v) is 2.68. The van der Waals surface area contributed by atoms with Gasteiger partial charge in [-0.3, -0.25) is 0 Å². The molecule has 0 aliphatic carbocycles. The van der Waals surface area contributed by atoms with E-state index in [9.17, 15) is 8.42 Å². The zero-order valence-corrected chi connectivity index (χ0v) is 10.5. The van der Waals surface area contributed by atoms with Crippen LogP contribution >= 0.6 is 11.6 Å². The van der Waals surface area contributed by atoms with E-state index >= 15 is 0 Å². The molecule has 17 heavy (non-hydrogen) atoms. The molecule has 0 radical (unpaired) electrons. The summed E-state index contributed by atoms with van der Waals surface area (Å²) in [6.45, 7) is 0. The van der Waals surface area contributed by atoms with Crippen molar-refractivity contribution in [3.8, 4) is 11.1 Å². The number of benzene rings is 1. The molecule has 1 aromatic heterocycles. The zero-order chi connectivity index (χ0) is 12.6. The van der Waals surface area contributed by atoms with Gasteiger partial charge in [-0.25, -0.2) is 8.42 Å². The number of nitrogen functional groups attached to an aromatic ring is 1. The van der Waals surface area contributed by atoms with E-state index in [1.165, 1.54) is 6.26 Å².